The second kappa shape index (κ2) is 6.21. The van der Waals surface area contributed by atoms with Crippen LogP contribution in [0.25, 0.3) is 0 Å². The predicted molar refractivity (Wildman–Crippen MR) is 69.7 cm³/mol. The standard InChI is InChI=1S/C14H16N2O3/c1-10-13(6-8-18-10)14(17)16-11-2-4-12(5-3-11)19-9-7-15/h2-5,10,13H,6,8-9H2,1H3,(H,16,17). The van der Waals surface area contributed by atoms with Crippen molar-refractivity contribution in [3.63, 3.8) is 0 Å². The number of amides is 1. The van der Waals surface area contributed by atoms with Gasteiger partial charge in [0.25, 0.3) is 0 Å². The maximum absolute atomic E-state index is 12.0. The van der Waals surface area contributed by atoms with Gasteiger partial charge in [0, 0.05) is 12.3 Å². The molecule has 2 atom stereocenters. The van der Waals surface area contributed by atoms with Gasteiger partial charge in [-0.25, -0.2) is 0 Å². The summed E-state index contributed by atoms with van der Waals surface area (Å²) < 4.78 is 10.5. The highest BCUT2D eigenvalue weighted by molar-refractivity contribution is 5.93. The highest BCUT2D eigenvalue weighted by Gasteiger charge is 2.30. The number of carbonyl (C=O) groups is 1. The van der Waals surface area contributed by atoms with Crippen LogP contribution in [-0.2, 0) is 9.53 Å². The van der Waals surface area contributed by atoms with Crippen molar-refractivity contribution in [1.82, 2.24) is 0 Å². The highest BCUT2D eigenvalue weighted by Crippen LogP contribution is 2.23. The summed E-state index contributed by atoms with van der Waals surface area (Å²) in [6.45, 7) is 2.57. The number of rotatable bonds is 4. The van der Waals surface area contributed by atoms with Crippen LogP contribution in [0, 0.1) is 17.2 Å². The first kappa shape index (κ1) is 13.4. The molecule has 5 heteroatoms. The van der Waals surface area contributed by atoms with Crippen molar-refractivity contribution < 1.29 is 14.3 Å². The Bertz CT molecular complexity index is 478. The van der Waals surface area contributed by atoms with Crippen LogP contribution in [0.4, 0.5) is 5.69 Å². The normalized spacial score (nSPS) is 21.7. The first-order valence-electron chi connectivity index (χ1n) is 6.23. The van der Waals surface area contributed by atoms with E-state index in [2.05, 4.69) is 5.32 Å². The molecule has 0 saturated carbocycles. The molecule has 1 saturated heterocycles. The molecule has 1 amide bonds. The van der Waals surface area contributed by atoms with Gasteiger partial charge in [-0.1, -0.05) is 0 Å². The zero-order valence-corrected chi connectivity index (χ0v) is 10.8. The van der Waals surface area contributed by atoms with E-state index in [0.717, 1.165) is 6.42 Å². The maximum atomic E-state index is 12.0. The molecule has 1 aromatic carbocycles. The lowest BCUT2D eigenvalue weighted by Crippen LogP contribution is -2.27. The Labute approximate surface area is 112 Å². The molecule has 1 aromatic rings. The van der Waals surface area contributed by atoms with E-state index < -0.39 is 0 Å². The lowest BCUT2D eigenvalue weighted by Gasteiger charge is -2.14. The van der Waals surface area contributed by atoms with Crippen LogP contribution in [0.1, 0.15) is 13.3 Å². The fraction of sp³-hybridized carbons (Fsp3) is 0.429. The van der Waals surface area contributed by atoms with E-state index in [-0.39, 0.29) is 24.5 Å². The third kappa shape index (κ3) is 3.46. The summed E-state index contributed by atoms with van der Waals surface area (Å²) in [7, 11) is 0. The van der Waals surface area contributed by atoms with Gasteiger partial charge in [0.05, 0.1) is 12.0 Å². The number of nitriles is 1. The topological polar surface area (TPSA) is 71.3 Å². The van der Waals surface area contributed by atoms with E-state index in [1.54, 1.807) is 24.3 Å². The molecule has 0 aliphatic carbocycles. The molecule has 1 aliphatic heterocycles. The van der Waals surface area contributed by atoms with E-state index in [9.17, 15) is 4.79 Å². The molecular weight excluding hydrogens is 244 g/mol. The van der Waals surface area contributed by atoms with Crippen LogP contribution < -0.4 is 10.1 Å². The van der Waals surface area contributed by atoms with Crippen LogP contribution >= 0.6 is 0 Å². The van der Waals surface area contributed by atoms with Crippen molar-refractivity contribution in [2.24, 2.45) is 5.92 Å². The Kier molecular flexibility index (Phi) is 4.37. The molecule has 0 spiro atoms. The number of benzene rings is 1. The number of hydrogen-bond acceptors (Lipinski definition) is 4. The van der Waals surface area contributed by atoms with Gasteiger partial charge in [0.2, 0.25) is 5.91 Å². The Morgan fingerprint density at radius 1 is 1.53 bits per heavy atom. The number of nitrogens with one attached hydrogen (secondary N) is 1. The fourth-order valence-corrected chi connectivity index (χ4v) is 2.06. The van der Waals surface area contributed by atoms with Crippen LogP contribution in [0.15, 0.2) is 24.3 Å². The third-order valence-corrected chi connectivity index (χ3v) is 3.14. The van der Waals surface area contributed by atoms with E-state index in [4.69, 9.17) is 14.7 Å². The van der Waals surface area contributed by atoms with Crippen molar-refractivity contribution in [3.8, 4) is 11.8 Å². The van der Waals surface area contributed by atoms with E-state index in [1.165, 1.54) is 0 Å². The van der Waals surface area contributed by atoms with Gasteiger partial charge < -0.3 is 14.8 Å². The Hall–Kier alpha value is -2.06. The lowest BCUT2D eigenvalue weighted by molar-refractivity contribution is -0.121. The molecule has 0 aromatic heterocycles. The molecule has 2 unspecified atom stereocenters. The van der Waals surface area contributed by atoms with Crippen molar-refractivity contribution in [2.45, 2.75) is 19.4 Å². The monoisotopic (exact) mass is 260 g/mol. The molecule has 0 radical (unpaired) electrons. The molecule has 2 rings (SSSR count). The van der Waals surface area contributed by atoms with Gasteiger partial charge in [-0.3, -0.25) is 4.79 Å². The second-order valence-electron chi connectivity index (χ2n) is 4.43. The molecule has 5 nitrogen and oxygen atoms in total. The van der Waals surface area contributed by atoms with Crippen LogP contribution in [0.5, 0.6) is 5.75 Å². The van der Waals surface area contributed by atoms with Crippen molar-refractivity contribution in [3.05, 3.63) is 24.3 Å². The summed E-state index contributed by atoms with van der Waals surface area (Å²) in [5, 5.41) is 11.3. The average Bonchev–Trinajstić information content (AvgIpc) is 2.84. The lowest BCUT2D eigenvalue weighted by atomic mass is 10.0. The van der Waals surface area contributed by atoms with Gasteiger partial charge >= 0.3 is 0 Å². The summed E-state index contributed by atoms with van der Waals surface area (Å²) in [4.78, 5) is 12.0. The molecule has 1 aliphatic rings. The molecule has 0 bridgehead atoms. The van der Waals surface area contributed by atoms with Crippen LogP contribution in [0.2, 0.25) is 0 Å². The van der Waals surface area contributed by atoms with Gasteiger partial charge in [-0.05, 0) is 37.6 Å². The highest BCUT2D eigenvalue weighted by atomic mass is 16.5. The summed E-state index contributed by atoms with van der Waals surface area (Å²) in [5.74, 6) is 0.502. The van der Waals surface area contributed by atoms with Crippen molar-refractivity contribution in [1.29, 1.82) is 5.26 Å². The minimum atomic E-state index is -0.0884. The first-order valence-corrected chi connectivity index (χ1v) is 6.23. The second-order valence-corrected chi connectivity index (χ2v) is 4.43. The summed E-state index contributed by atoms with van der Waals surface area (Å²) >= 11 is 0. The summed E-state index contributed by atoms with van der Waals surface area (Å²) in [6.07, 6.45) is 0.731. The zero-order chi connectivity index (χ0) is 13.7. The summed E-state index contributed by atoms with van der Waals surface area (Å²) in [5.41, 5.74) is 0.716. The van der Waals surface area contributed by atoms with E-state index >= 15 is 0 Å². The molecule has 100 valence electrons. The Morgan fingerprint density at radius 2 is 2.26 bits per heavy atom. The first-order chi connectivity index (χ1) is 9.20. The third-order valence-electron chi connectivity index (χ3n) is 3.14. The minimum Gasteiger partial charge on any atom is -0.479 e. The quantitative estimate of drug-likeness (QED) is 0.898. The van der Waals surface area contributed by atoms with Gasteiger partial charge in [0.1, 0.15) is 11.8 Å². The van der Waals surface area contributed by atoms with Crippen LogP contribution in [0.3, 0.4) is 0 Å². The Balaban J connectivity index is 1.92. The zero-order valence-electron chi connectivity index (χ0n) is 10.8. The van der Waals surface area contributed by atoms with Crippen molar-refractivity contribution in [2.75, 3.05) is 18.5 Å². The predicted octanol–water partition coefficient (Wildman–Crippen LogP) is 1.95. The van der Waals surface area contributed by atoms with Crippen LogP contribution in [-0.4, -0.2) is 25.2 Å². The minimum absolute atomic E-state index is 0.0165. The number of carbonyl (C=O) groups excluding carboxylic acids is 1. The van der Waals surface area contributed by atoms with Gasteiger partial charge in [0.15, 0.2) is 6.61 Å². The van der Waals surface area contributed by atoms with E-state index in [1.807, 2.05) is 13.0 Å². The van der Waals surface area contributed by atoms with E-state index in [0.29, 0.717) is 18.0 Å². The fourth-order valence-electron chi connectivity index (χ4n) is 2.06. The van der Waals surface area contributed by atoms with Gasteiger partial charge in [-0.2, -0.15) is 5.26 Å². The largest absolute Gasteiger partial charge is 0.479 e. The number of ether oxygens (including phenoxy) is 2. The Morgan fingerprint density at radius 3 is 2.84 bits per heavy atom. The van der Waals surface area contributed by atoms with Crippen molar-refractivity contribution >= 4 is 11.6 Å². The molecule has 19 heavy (non-hydrogen) atoms. The average molecular weight is 260 g/mol. The smallest absolute Gasteiger partial charge is 0.230 e. The SMILES string of the molecule is CC1OCCC1C(=O)Nc1ccc(OCC#N)cc1. The summed E-state index contributed by atoms with van der Waals surface area (Å²) in [6, 6.07) is 8.86. The van der Waals surface area contributed by atoms with Gasteiger partial charge in [-0.15, -0.1) is 0 Å². The maximum Gasteiger partial charge on any atom is 0.230 e. The molecule has 1 N–H and O–H groups in total. The number of hydrogen-bond donors (Lipinski definition) is 1. The molecule has 1 fully saturated rings. The number of nitrogens with zero attached hydrogens (tertiary/aromatic N) is 1. The number of anilines is 1. The molecular formula is C14H16N2O3. The molecule has 1 heterocycles.